The van der Waals surface area contributed by atoms with Crippen LogP contribution in [0.25, 0.3) is 0 Å². The molecule has 2 rings (SSSR count). The Kier molecular flexibility index (Phi) is 8.02. The van der Waals surface area contributed by atoms with Crippen molar-refractivity contribution in [1.82, 2.24) is 0 Å². The number of benzene rings is 2. The lowest BCUT2D eigenvalue weighted by Gasteiger charge is -2.13. The Morgan fingerprint density at radius 3 is 2.37 bits per heavy atom. The molecule has 10 heteroatoms. The molecular formula is C20H17ClN2O6S. The maximum atomic E-state index is 12.4. The number of thioether (sulfide) groups is 1. The van der Waals surface area contributed by atoms with Crippen LogP contribution in [-0.2, 0) is 14.4 Å². The van der Waals surface area contributed by atoms with E-state index < -0.39 is 23.1 Å². The Labute approximate surface area is 180 Å². The largest absolute Gasteiger partial charge is 0.478 e. The predicted molar refractivity (Wildman–Crippen MR) is 114 cm³/mol. The molecule has 0 aliphatic rings. The van der Waals surface area contributed by atoms with E-state index >= 15 is 0 Å². The van der Waals surface area contributed by atoms with Crippen LogP contribution in [0.3, 0.4) is 0 Å². The molecule has 0 spiro atoms. The van der Waals surface area contributed by atoms with Gasteiger partial charge in [0.05, 0.1) is 15.8 Å². The van der Waals surface area contributed by atoms with Gasteiger partial charge >= 0.3 is 11.9 Å². The highest BCUT2D eigenvalue weighted by Crippen LogP contribution is 2.27. The van der Waals surface area contributed by atoms with Gasteiger partial charge in [0.15, 0.2) is 0 Å². The van der Waals surface area contributed by atoms with Crippen LogP contribution in [-0.4, -0.2) is 39.2 Å². The van der Waals surface area contributed by atoms with E-state index in [1.807, 2.05) is 0 Å². The van der Waals surface area contributed by atoms with Crippen LogP contribution in [0.15, 0.2) is 59.5 Å². The molecule has 0 saturated carbocycles. The van der Waals surface area contributed by atoms with Crippen LogP contribution in [0.4, 0.5) is 11.4 Å². The third-order valence-electron chi connectivity index (χ3n) is 3.63. The summed E-state index contributed by atoms with van der Waals surface area (Å²) in [5.41, 5.74) is 0.632. The molecule has 0 fully saturated rings. The second-order valence-corrected chi connectivity index (χ2v) is 7.76. The number of carbonyl (C=O) groups is 4. The maximum absolute atomic E-state index is 12.4. The van der Waals surface area contributed by atoms with Crippen molar-refractivity contribution in [3.05, 3.63) is 65.2 Å². The number of hydrogen-bond acceptors (Lipinski definition) is 5. The molecule has 0 heterocycles. The fourth-order valence-corrected chi connectivity index (χ4v) is 3.37. The van der Waals surface area contributed by atoms with Gasteiger partial charge in [-0.2, -0.15) is 0 Å². The van der Waals surface area contributed by atoms with E-state index in [-0.39, 0.29) is 16.5 Å². The molecule has 4 N–H and O–H groups in total. The SMILES string of the molecule is CC(Sc1cccc(NC(=O)/C=C/C(=O)O)c1)C(=O)Nc1ccc(Cl)c(C(=O)O)c1. The normalized spacial score (nSPS) is 11.7. The number of hydrogen-bond donors (Lipinski definition) is 4. The number of rotatable bonds is 8. The molecule has 2 amide bonds. The van der Waals surface area contributed by atoms with Crippen LogP contribution in [0.5, 0.6) is 0 Å². The lowest BCUT2D eigenvalue weighted by Crippen LogP contribution is -2.22. The molecule has 1 unspecified atom stereocenters. The summed E-state index contributed by atoms with van der Waals surface area (Å²) >= 11 is 7.05. The zero-order valence-corrected chi connectivity index (χ0v) is 17.2. The topological polar surface area (TPSA) is 133 Å². The summed E-state index contributed by atoms with van der Waals surface area (Å²) in [5.74, 6) is -3.37. The van der Waals surface area contributed by atoms with Gasteiger partial charge in [-0.3, -0.25) is 9.59 Å². The number of carboxylic acid groups (broad SMARTS) is 2. The Hall–Kier alpha value is -3.30. The fourth-order valence-electron chi connectivity index (χ4n) is 2.25. The third-order valence-corrected chi connectivity index (χ3v) is 5.05. The Balaban J connectivity index is 2.02. The van der Waals surface area contributed by atoms with Crippen LogP contribution in [0, 0.1) is 0 Å². The fraction of sp³-hybridized carbons (Fsp3) is 0.100. The summed E-state index contributed by atoms with van der Waals surface area (Å²) in [7, 11) is 0. The number of aromatic carboxylic acids is 1. The van der Waals surface area contributed by atoms with Gasteiger partial charge in [-0.25, -0.2) is 9.59 Å². The van der Waals surface area contributed by atoms with E-state index in [9.17, 15) is 19.2 Å². The maximum Gasteiger partial charge on any atom is 0.337 e. The second kappa shape index (κ2) is 10.5. The van der Waals surface area contributed by atoms with Crippen LogP contribution >= 0.6 is 23.4 Å². The molecular weight excluding hydrogens is 432 g/mol. The highest BCUT2D eigenvalue weighted by Gasteiger charge is 2.17. The average molecular weight is 449 g/mol. The van der Waals surface area contributed by atoms with Crippen molar-refractivity contribution in [2.24, 2.45) is 0 Å². The quantitative estimate of drug-likeness (QED) is 0.357. The van der Waals surface area contributed by atoms with Crippen molar-refractivity contribution in [3.63, 3.8) is 0 Å². The summed E-state index contributed by atoms with van der Waals surface area (Å²) in [4.78, 5) is 46.4. The minimum atomic E-state index is -1.23. The first-order chi connectivity index (χ1) is 14.2. The molecule has 156 valence electrons. The smallest absolute Gasteiger partial charge is 0.337 e. The highest BCUT2D eigenvalue weighted by atomic mass is 35.5. The molecule has 0 bridgehead atoms. The number of carbonyl (C=O) groups excluding carboxylic acids is 2. The number of anilines is 2. The molecule has 8 nitrogen and oxygen atoms in total. The average Bonchev–Trinajstić information content (AvgIpc) is 2.67. The van der Waals surface area contributed by atoms with Gasteiger partial charge in [-0.1, -0.05) is 17.7 Å². The van der Waals surface area contributed by atoms with E-state index in [1.54, 1.807) is 31.2 Å². The standard InChI is InChI=1S/C20H17ClN2O6S/c1-11(19(27)23-13-5-6-16(21)15(10-13)20(28)29)30-14-4-2-3-12(9-14)22-17(24)7-8-18(25)26/h2-11H,1H3,(H,22,24)(H,23,27)(H,25,26)(H,28,29)/b8-7+. The Morgan fingerprint density at radius 2 is 1.70 bits per heavy atom. The van der Waals surface area contributed by atoms with E-state index in [0.717, 1.165) is 12.2 Å². The van der Waals surface area contributed by atoms with Crippen molar-refractivity contribution in [3.8, 4) is 0 Å². The molecule has 0 aliphatic carbocycles. The molecule has 1 atom stereocenters. The molecule has 0 radical (unpaired) electrons. The van der Waals surface area contributed by atoms with Crippen molar-refractivity contribution in [2.75, 3.05) is 10.6 Å². The van der Waals surface area contributed by atoms with Gasteiger partial charge in [0.25, 0.3) is 0 Å². The van der Waals surface area contributed by atoms with E-state index in [2.05, 4.69) is 10.6 Å². The molecule has 0 saturated heterocycles. The highest BCUT2D eigenvalue weighted by molar-refractivity contribution is 8.00. The lowest BCUT2D eigenvalue weighted by atomic mass is 10.2. The van der Waals surface area contributed by atoms with Gasteiger partial charge in [0.1, 0.15) is 0 Å². The number of carboxylic acids is 2. The van der Waals surface area contributed by atoms with Crippen molar-refractivity contribution >= 4 is 58.5 Å². The molecule has 30 heavy (non-hydrogen) atoms. The Bertz CT molecular complexity index is 1020. The minimum absolute atomic E-state index is 0.0694. The van der Waals surface area contributed by atoms with Crippen LogP contribution in [0.2, 0.25) is 5.02 Å². The monoisotopic (exact) mass is 448 g/mol. The summed E-state index contributed by atoms with van der Waals surface area (Å²) in [6.45, 7) is 1.68. The van der Waals surface area contributed by atoms with Gasteiger partial charge in [0.2, 0.25) is 11.8 Å². The second-order valence-electron chi connectivity index (χ2n) is 5.94. The van der Waals surface area contributed by atoms with Crippen molar-refractivity contribution in [1.29, 1.82) is 0 Å². The lowest BCUT2D eigenvalue weighted by molar-refractivity contribution is -0.131. The molecule has 2 aromatic carbocycles. The number of nitrogens with one attached hydrogen (secondary N) is 2. The van der Waals surface area contributed by atoms with Crippen LogP contribution in [0.1, 0.15) is 17.3 Å². The van der Waals surface area contributed by atoms with Crippen LogP contribution < -0.4 is 10.6 Å². The Morgan fingerprint density at radius 1 is 1.00 bits per heavy atom. The first-order valence-corrected chi connectivity index (χ1v) is 9.74. The van der Waals surface area contributed by atoms with E-state index in [4.69, 9.17) is 21.8 Å². The summed E-state index contributed by atoms with van der Waals surface area (Å²) < 4.78 is 0. The third kappa shape index (κ3) is 6.94. The van der Waals surface area contributed by atoms with Crippen molar-refractivity contribution in [2.45, 2.75) is 17.1 Å². The predicted octanol–water partition coefficient (Wildman–Crippen LogP) is 3.74. The summed E-state index contributed by atoms with van der Waals surface area (Å²) in [5, 5.41) is 22.4. The number of aliphatic carboxylic acids is 1. The summed E-state index contributed by atoms with van der Waals surface area (Å²) in [6, 6.07) is 10.9. The van der Waals surface area contributed by atoms with Gasteiger partial charge in [0, 0.05) is 28.4 Å². The van der Waals surface area contributed by atoms with Crippen molar-refractivity contribution < 1.29 is 29.4 Å². The van der Waals surface area contributed by atoms with E-state index in [1.165, 1.54) is 30.0 Å². The van der Waals surface area contributed by atoms with E-state index in [0.29, 0.717) is 16.3 Å². The first-order valence-electron chi connectivity index (χ1n) is 8.48. The molecule has 0 aliphatic heterocycles. The number of halogens is 1. The summed E-state index contributed by atoms with van der Waals surface area (Å²) in [6.07, 6.45) is 1.63. The molecule has 0 aromatic heterocycles. The van der Waals surface area contributed by atoms with Gasteiger partial charge < -0.3 is 20.8 Å². The minimum Gasteiger partial charge on any atom is -0.478 e. The first kappa shape index (κ1) is 23.0. The zero-order chi connectivity index (χ0) is 22.3. The zero-order valence-electron chi connectivity index (χ0n) is 15.6. The van der Waals surface area contributed by atoms with Gasteiger partial charge in [-0.15, -0.1) is 11.8 Å². The number of amides is 2. The van der Waals surface area contributed by atoms with Gasteiger partial charge in [-0.05, 0) is 43.3 Å². The molecule has 2 aromatic rings.